The molecule has 0 radical (unpaired) electrons. The highest BCUT2D eigenvalue weighted by Crippen LogP contribution is 2.46. The van der Waals surface area contributed by atoms with Crippen LogP contribution in [0.3, 0.4) is 0 Å². The van der Waals surface area contributed by atoms with Crippen molar-refractivity contribution in [1.82, 2.24) is 0 Å². The Bertz CT molecular complexity index is 640. The van der Waals surface area contributed by atoms with E-state index in [1.54, 1.807) is 19.9 Å². The third-order valence-electron chi connectivity index (χ3n) is 4.95. The number of ether oxygens (including phenoxy) is 4. The van der Waals surface area contributed by atoms with Crippen molar-refractivity contribution >= 4 is 11.4 Å². The molecule has 2 aliphatic rings. The van der Waals surface area contributed by atoms with Crippen LogP contribution >= 0.6 is 0 Å². The van der Waals surface area contributed by atoms with Crippen molar-refractivity contribution < 1.29 is 23.7 Å². The van der Waals surface area contributed by atoms with Crippen LogP contribution in [0.25, 0.3) is 5.57 Å². The summed E-state index contributed by atoms with van der Waals surface area (Å²) in [5.41, 5.74) is 0.896. The minimum atomic E-state index is -1.18. The van der Waals surface area contributed by atoms with Crippen molar-refractivity contribution in [3.63, 3.8) is 0 Å². The van der Waals surface area contributed by atoms with Gasteiger partial charge in [-0.1, -0.05) is 30.3 Å². The van der Waals surface area contributed by atoms with Crippen LogP contribution < -0.4 is 0 Å². The van der Waals surface area contributed by atoms with E-state index < -0.39 is 17.2 Å². The molecule has 0 N–H and O–H groups in total. The Labute approximate surface area is 136 Å². The quantitative estimate of drug-likeness (QED) is 0.857. The first kappa shape index (κ1) is 16.3. The second-order valence-corrected chi connectivity index (χ2v) is 6.26. The lowest BCUT2D eigenvalue weighted by atomic mass is 9.93. The van der Waals surface area contributed by atoms with Gasteiger partial charge in [0.2, 0.25) is 11.6 Å². The first-order chi connectivity index (χ1) is 10.9. The summed E-state index contributed by atoms with van der Waals surface area (Å²) in [5, 5.41) is 0. The van der Waals surface area contributed by atoms with Gasteiger partial charge in [0.05, 0.1) is 6.61 Å². The second kappa shape index (κ2) is 5.53. The molecule has 0 aromatic heterocycles. The van der Waals surface area contributed by atoms with Crippen LogP contribution in [0.15, 0.2) is 36.4 Å². The predicted molar refractivity (Wildman–Crippen MR) is 84.6 cm³/mol. The first-order valence-corrected chi connectivity index (χ1v) is 7.63. The smallest absolute Gasteiger partial charge is 0.221 e. The van der Waals surface area contributed by atoms with Gasteiger partial charge in [-0.25, -0.2) is 0 Å². The lowest BCUT2D eigenvalue weighted by Crippen LogP contribution is -2.67. The standard InChI is InChI=1S/C18H22O5/c1-16(20-3)17(2,21-4)23-18(12-22-16)11-14(10-15(18)19)13-8-6-5-7-9-13/h5-10H,11-12H2,1-4H3/t16-,17-,18+/m1/s1. The molecular formula is C18H22O5. The van der Waals surface area contributed by atoms with E-state index in [1.165, 1.54) is 14.2 Å². The highest BCUT2D eigenvalue weighted by molar-refractivity contribution is 6.08. The van der Waals surface area contributed by atoms with Gasteiger partial charge in [0, 0.05) is 20.6 Å². The summed E-state index contributed by atoms with van der Waals surface area (Å²) in [7, 11) is 3.05. The van der Waals surface area contributed by atoms with Crippen molar-refractivity contribution in [3.05, 3.63) is 42.0 Å². The number of ketones is 1. The average Bonchev–Trinajstić information content (AvgIpc) is 2.89. The van der Waals surface area contributed by atoms with E-state index in [-0.39, 0.29) is 12.4 Å². The number of benzene rings is 1. The highest BCUT2D eigenvalue weighted by atomic mass is 16.8. The molecule has 0 amide bonds. The topological polar surface area (TPSA) is 54.0 Å². The number of hydrogen-bond acceptors (Lipinski definition) is 5. The van der Waals surface area contributed by atoms with E-state index >= 15 is 0 Å². The van der Waals surface area contributed by atoms with Gasteiger partial charge in [-0.05, 0) is 31.1 Å². The fourth-order valence-electron chi connectivity index (χ4n) is 3.13. The summed E-state index contributed by atoms with van der Waals surface area (Å²) in [4.78, 5) is 12.7. The Balaban J connectivity index is 1.89. The third kappa shape index (κ3) is 2.44. The van der Waals surface area contributed by atoms with Crippen molar-refractivity contribution in [3.8, 4) is 0 Å². The van der Waals surface area contributed by atoms with Crippen LogP contribution in [0.2, 0.25) is 0 Å². The maximum Gasteiger partial charge on any atom is 0.221 e. The summed E-state index contributed by atoms with van der Waals surface area (Å²) >= 11 is 0. The van der Waals surface area contributed by atoms with Crippen molar-refractivity contribution in [2.75, 3.05) is 20.8 Å². The molecule has 0 bridgehead atoms. The molecule has 1 saturated heterocycles. The summed E-state index contributed by atoms with van der Waals surface area (Å²) in [6, 6.07) is 9.81. The number of rotatable bonds is 3. The van der Waals surface area contributed by atoms with Gasteiger partial charge in [0.1, 0.15) is 0 Å². The monoisotopic (exact) mass is 318 g/mol. The summed E-state index contributed by atoms with van der Waals surface area (Å²) in [6.45, 7) is 3.60. The molecule has 5 nitrogen and oxygen atoms in total. The molecule has 1 aromatic carbocycles. The molecule has 1 spiro atoms. The fourth-order valence-corrected chi connectivity index (χ4v) is 3.13. The first-order valence-electron chi connectivity index (χ1n) is 7.63. The van der Waals surface area contributed by atoms with Crippen molar-refractivity contribution in [2.24, 2.45) is 0 Å². The van der Waals surface area contributed by atoms with Gasteiger partial charge in [-0.15, -0.1) is 0 Å². The van der Waals surface area contributed by atoms with Gasteiger partial charge in [-0.3, -0.25) is 4.79 Å². The molecule has 3 atom stereocenters. The van der Waals surface area contributed by atoms with Crippen molar-refractivity contribution in [2.45, 2.75) is 37.4 Å². The number of hydrogen-bond donors (Lipinski definition) is 0. The van der Waals surface area contributed by atoms with E-state index in [0.29, 0.717) is 6.42 Å². The Morgan fingerprint density at radius 2 is 1.70 bits per heavy atom. The van der Waals surface area contributed by atoms with E-state index in [2.05, 4.69) is 0 Å². The highest BCUT2D eigenvalue weighted by Gasteiger charge is 2.61. The van der Waals surface area contributed by atoms with Gasteiger partial charge in [0.25, 0.3) is 0 Å². The van der Waals surface area contributed by atoms with Crippen LogP contribution in [0.4, 0.5) is 0 Å². The molecule has 5 heteroatoms. The maximum atomic E-state index is 12.7. The minimum absolute atomic E-state index is 0.0993. The van der Waals surface area contributed by atoms with Crippen LogP contribution in [0.5, 0.6) is 0 Å². The molecule has 23 heavy (non-hydrogen) atoms. The molecule has 1 aliphatic heterocycles. The molecule has 124 valence electrons. The molecule has 1 aromatic rings. The average molecular weight is 318 g/mol. The zero-order chi connectivity index (χ0) is 16.7. The number of carbonyl (C=O) groups is 1. The Kier molecular flexibility index (Phi) is 3.92. The van der Waals surface area contributed by atoms with E-state index in [1.807, 2.05) is 30.3 Å². The molecule has 3 rings (SSSR count). The SMILES string of the molecule is CO[C@]1(C)OC[C@]2(CC(c3ccccc3)=CC2=O)O[C@@]1(C)OC. The maximum absolute atomic E-state index is 12.7. The molecular weight excluding hydrogens is 296 g/mol. The summed E-state index contributed by atoms with van der Waals surface area (Å²) < 4.78 is 23.0. The molecule has 0 saturated carbocycles. The van der Waals surface area contributed by atoms with Crippen LogP contribution in [-0.4, -0.2) is 43.8 Å². The zero-order valence-corrected chi connectivity index (χ0v) is 13.9. The lowest BCUT2D eigenvalue weighted by molar-refractivity contribution is -0.442. The molecule has 0 unspecified atom stereocenters. The van der Waals surface area contributed by atoms with E-state index in [4.69, 9.17) is 18.9 Å². The third-order valence-corrected chi connectivity index (χ3v) is 4.95. The number of carbonyl (C=O) groups excluding carboxylic acids is 1. The minimum Gasteiger partial charge on any atom is -0.349 e. The second-order valence-electron chi connectivity index (χ2n) is 6.26. The van der Waals surface area contributed by atoms with Crippen molar-refractivity contribution in [1.29, 1.82) is 0 Å². The lowest BCUT2D eigenvalue weighted by Gasteiger charge is -2.52. The Hall–Kier alpha value is -1.53. The predicted octanol–water partition coefficient (Wildman–Crippen LogP) is 2.55. The van der Waals surface area contributed by atoms with E-state index in [0.717, 1.165) is 11.1 Å². The Morgan fingerprint density at radius 1 is 1.04 bits per heavy atom. The summed E-state index contributed by atoms with van der Waals surface area (Å²) in [6.07, 6.45) is 2.10. The van der Waals surface area contributed by atoms with Gasteiger partial charge >= 0.3 is 0 Å². The zero-order valence-electron chi connectivity index (χ0n) is 13.9. The summed E-state index contributed by atoms with van der Waals surface area (Å²) in [5.74, 6) is -2.36. The van der Waals surface area contributed by atoms with Gasteiger partial charge in [-0.2, -0.15) is 0 Å². The van der Waals surface area contributed by atoms with Crippen LogP contribution in [0.1, 0.15) is 25.8 Å². The van der Waals surface area contributed by atoms with Gasteiger partial charge < -0.3 is 18.9 Å². The van der Waals surface area contributed by atoms with Crippen LogP contribution in [0, 0.1) is 0 Å². The molecule has 1 fully saturated rings. The van der Waals surface area contributed by atoms with Gasteiger partial charge in [0.15, 0.2) is 11.4 Å². The fraction of sp³-hybridized carbons (Fsp3) is 0.500. The van der Waals surface area contributed by atoms with Crippen LogP contribution in [-0.2, 0) is 23.7 Å². The number of methoxy groups -OCH3 is 2. The molecule has 1 heterocycles. The normalized spacial score (nSPS) is 37.2. The molecule has 1 aliphatic carbocycles. The van der Waals surface area contributed by atoms with E-state index in [9.17, 15) is 4.79 Å². The largest absolute Gasteiger partial charge is 0.349 e. The Morgan fingerprint density at radius 3 is 2.30 bits per heavy atom.